The van der Waals surface area contributed by atoms with Crippen LogP contribution in [0.4, 0.5) is 0 Å². The Balaban J connectivity index is 1.25. The number of sulfonamides is 1. The number of halogens is 1. The average molecular weight is 484 g/mol. The fourth-order valence-corrected chi connectivity index (χ4v) is 6.29. The van der Waals surface area contributed by atoms with Gasteiger partial charge in [0.1, 0.15) is 0 Å². The minimum Gasteiger partial charge on any atom is -0.336 e. The molecule has 0 aliphatic carbocycles. The highest BCUT2D eigenvalue weighted by molar-refractivity contribution is 7.89. The molecule has 3 aromatic rings. The van der Waals surface area contributed by atoms with Crippen molar-refractivity contribution in [3.63, 3.8) is 0 Å². The van der Waals surface area contributed by atoms with Gasteiger partial charge in [-0.3, -0.25) is 4.79 Å². The van der Waals surface area contributed by atoms with Gasteiger partial charge in [0.2, 0.25) is 10.0 Å². The van der Waals surface area contributed by atoms with Gasteiger partial charge in [-0.2, -0.15) is 4.31 Å². The Hall–Kier alpha value is -2.45. The molecule has 1 atom stereocenters. The molecule has 0 radical (unpaired) electrons. The van der Waals surface area contributed by atoms with Crippen molar-refractivity contribution in [3.05, 3.63) is 76.8 Å². The number of carbonyl (C=O) groups excluding carboxylic acids is 1. The Bertz CT molecular complexity index is 1280. The van der Waals surface area contributed by atoms with E-state index in [0.29, 0.717) is 29.6 Å². The monoisotopic (exact) mass is 483 g/mol. The minimum atomic E-state index is -3.64. The van der Waals surface area contributed by atoms with Crippen molar-refractivity contribution < 1.29 is 13.2 Å². The van der Waals surface area contributed by atoms with Crippen LogP contribution in [0.25, 0.3) is 10.8 Å². The van der Waals surface area contributed by atoms with Gasteiger partial charge in [-0.05, 0) is 71.6 Å². The van der Waals surface area contributed by atoms with Crippen molar-refractivity contribution >= 4 is 38.3 Å². The molecule has 0 aromatic heterocycles. The van der Waals surface area contributed by atoms with E-state index in [1.165, 1.54) is 9.87 Å². The van der Waals surface area contributed by atoms with Crippen LogP contribution >= 0.6 is 11.6 Å². The summed E-state index contributed by atoms with van der Waals surface area (Å²) in [5.74, 6) is 0.459. The van der Waals surface area contributed by atoms with Gasteiger partial charge in [0, 0.05) is 43.3 Å². The summed E-state index contributed by atoms with van der Waals surface area (Å²) in [6.45, 7) is 3.31. The van der Waals surface area contributed by atoms with Crippen molar-refractivity contribution in [1.29, 1.82) is 0 Å². The van der Waals surface area contributed by atoms with E-state index >= 15 is 0 Å². The van der Waals surface area contributed by atoms with Crippen LogP contribution in [0.5, 0.6) is 0 Å². The summed E-state index contributed by atoms with van der Waals surface area (Å²) in [6, 6.07) is 18.3. The standard InChI is InChI=1S/C25H26ClN3O3S/c26-23-7-5-21-16-24(8-6-20(21)15-23)33(31,32)29-13-11-28(12-14-29)25(30)19-3-1-18(2-4-19)22-9-10-27-17-22/h1-8,15-16,22,27H,9-14,17H2. The Kier molecular flexibility index (Phi) is 6.14. The number of nitrogens with one attached hydrogen (secondary N) is 1. The molecule has 0 saturated carbocycles. The summed E-state index contributed by atoms with van der Waals surface area (Å²) >= 11 is 6.03. The molecule has 2 fully saturated rings. The van der Waals surface area contributed by atoms with E-state index in [4.69, 9.17) is 11.6 Å². The summed E-state index contributed by atoms with van der Waals surface area (Å²) in [7, 11) is -3.64. The van der Waals surface area contributed by atoms with Crippen LogP contribution in [0, 0.1) is 0 Å². The van der Waals surface area contributed by atoms with Gasteiger partial charge in [0.25, 0.3) is 5.91 Å². The van der Waals surface area contributed by atoms with Crippen molar-refractivity contribution in [1.82, 2.24) is 14.5 Å². The number of hydrogen-bond acceptors (Lipinski definition) is 4. The largest absolute Gasteiger partial charge is 0.336 e. The summed E-state index contributed by atoms with van der Waals surface area (Å²) in [5.41, 5.74) is 1.90. The highest BCUT2D eigenvalue weighted by atomic mass is 35.5. The number of piperazine rings is 1. The molecule has 1 N–H and O–H groups in total. The third kappa shape index (κ3) is 4.51. The van der Waals surface area contributed by atoms with Crippen LogP contribution in [-0.2, 0) is 10.0 Å². The number of nitrogens with zero attached hydrogens (tertiary/aromatic N) is 2. The Morgan fingerprint density at radius 3 is 2.30 bits per heavy atom. The van der Waals surface area contributed by atoms with Gasteiger partial charge < -0.3 is 10.2 Å². The second-order valence-corrected chi connectivity index (χ2v) is 11.0. The van der Waals surface area contributed by atoms with Crippen molar-refractivity contribution in [2.75, 3.05) is 39.3 Å². The van der Waals surface area contributed by atoms with Gasteiger partial charge >= 0.3 is 0 Å². The molecule has 0 spiro atoms. The summed E-state index contributed by atoms with van der Waals surface area (Å²) < 4.78 is 27.9. The van der Waals surface area contributed by atoms with Crippen LogP contribution in [0.15, 0.2) is 65.6 Å². The SMILES string of the molecule is O=C(c1ccc(C2CCNC2)cc1)N1CCN(S(=O)(=O)c2ccc3cc(Cl)ccc3c2)CC1. The maximum Gasteiger partial charge on any atom is 0.253 e. The Morgan fingerprint density at radius 1 is 0.909 bits per heavy atom. The molecule has 0 bridgehead atoms. The molecular weight excluding hydrogens is 458 g/mol. The highest BCUT2D eigenvalue weighted by Crippen LogP contribution is 2.26. The van der Waals surface area contributed by atoms with Crippen LogP contribution in [-0.4, -0.2) is 62.8 Å². The quantitative estimate of drug-likeness (QED) is 0.614. The first-order valence-corrected chi connectivity index (χ1v) is 13.0. The second-order valence-electron chi connectivity index (χ2n) is 8.66. The molecule has 3 aromatic carbocycles. The second kappa shape index (κ2) is 9.06. The summed E-state index contributed by atoms with van der Waals surface area (Å²) in [4.78, 5) is 15.0. The van der Waals surface area contributed by atoms with E-state index < -0.39 is 10.0 Å². The molecule has 172 valence electrons. The molecule has 2 saturated heterocycles. The number of fused-ring (bicyclic) bond motifs is 1. The lowest BCUT2D eigenvalue weighted by atomic mass is 9.97. The first-order chi connectivity index (χ1) is 15.9. The van der Waals surface area contributed by atoms with Gasteiger partial charge in [-0.15, -0.1) is 0 Å². The van der Waals surface area contributed by atoms with E-state index in [-0.39, 0.29) is 23.9 Å². The van der Waals surface area contributed by atoms with E-state index in [1.807, 2.05) is 36.4 Å². The van der Waals surface area contributed by atoms with Crippen LogP contribution in [0.3, 0.4) is 0 Å². The van der Waals surface area contributed by atoms with E-state index in [2.05, 4.69) is 5.32 Å². The number of rotatable bonds is 4. The predicted octanol–water partition coefficient (Wildman–Crippen LogP) is 3.72. The molecule has 2 aliphatic rings. The van der Waals surface area contributed by atoms with Crippen LogP contribution < -0.4 is 5.32 Å². The van der Waals surface area contributed by atoms with Crippen molar-refractivity contribution in [2.24, 2.45) is 0 Å². The van der Waals surface area contributed by atoms with Gasteiger partial charge in [-0.25, -0.2) is 8.42 Å². The zero-order valence-electron chi connectivity index (χ0n) is 18.2. The maximum atomic E-state index is 13.2. The molecular formula is C25H26ClN3O3S. The topological polar surface area (TPSA) is 69.7 Å². The molecule has 2 heterocycles. The molecule has 1 unspecified atom stereocenters. The number of carbonyl (C=O) groups is 1. The number of benzene rings is 3. The zero-order valence-corrected chi connectivity index (χ0v) is 19.8. The van der Waals surface area contributed by atoms with E-state index in [0.717, 1.165) is 30.3 Å². The van der Waals surface area contributed by atoms with Gasteiger partial charge in [0.15, 0.2) is 0 Å². The zero-order chi connectivity index (χ0) is 23.0. The molecule has 6 nitrogen and oxygen atoms in total. The van der Waals surface area contributed by atoms with Crippen LogP contribution in [0.2, 0.25) is 5.02 Å². The number of hydrogen-bond donors (Lipinski definition) is 1. The van der Waals surface area contributed by atoms with E-state index in [9.17, 15) is 13.2 Å². The minimum absolute atomic E-state index is 0.0503. The summed E-state index contributed by atoms with van der Waals surface area (Å²) in [5, 5.41) is 5.70. The highest BCUT2D eigenvalue weighted by Gasteiger charge is 2.30. The fourth-order valence-electron chi connectivity index (χ4n) is 4.66. The molecule has 1 amide bonds. The third-order valence-corrected chi connectivity index (χ3v) is 8.76. The van der Waals surface area contributed by atoms with Crippen molar-refractivity contribution in [3.8, 4) is 0 Å². The lowest BCUT2D eigenvalue weighted by Crippen LogP contribution is -2.50. The average Bonchev–Trinajstić information content (AvgIpc) is 3.38. The first kappa shape index (κ1) is 22.3. The first-order valence-electron chi connectivity index (χ1n) is 11.2. The molecule has 33 heavy (non-hydrogen) atoms. The molecule has 8 heteroatoms. The maximum absolute atomic E-state index is 13.2. The summed E-state index contributed by atoms with van der Waals surface area (Å²) in [6.07, 6.45) is 1.12. The molecule has 5 rings (SSSR count). The molecule has 2 aliphatic heterocycles. The smallest absolute Gasteiger partial charge is 0.253 e. The Labute approximate surface area is 199 Å². The van der Waals surface area contributed by atoms with E-state index in [1.54, 1.807) is 29.2 Å². The van der Waals surface area contributed by atoms with Crippen molar-refractivity contribution in [2.45, 2.75) is 17.2 Å². The number of amides is 1. The lowest BCUT2D eigenvalue weighted by molar-refractivity contribution is 0.0698. The van der Waals surface area contributed by atoms with Gasteiger partial charge in [-0.1, -0.05) is 35.9 Å². The predicted molar refractivity (Wildman–Crippen MR) is 130 cm³/mol. The third-order valence-electron chi connectivity index (χ3n) is 6.63. The van der Waals surface area contributed by atoms with Crippen LogP contribution in [0.1, 0.15) is 28.3 Å². The normalized spacial score (nSPS) is 19.8. The Morgan fingerprint density at radius 2 is 1.61 bits per heavy atom. The fraction of sp³-hybridized carbons (Fsp3) is 0.320. The lowest BCUT2D eigenvalue weighted by Gasteiger charge is -2.34. The van der Waals surface area contributed by atoms with Gasteiger partial charge in [0.05, 0.1) is 4.90 Å².